The number of carbonyl (C=O) groups is 2. The van der Waals surface area contributed by atoms with Crippen molar-refractivity contribution in [3.05, 3.63) is 47.8 Å². The zero-order valence-electron chi connectivity index (χ0n) is 11.4. The van der Waals surface area contributed by atoms with Gasteiger partial charge in [-0.2, -0.15) is 5.10 Å². The molecule has 0 aliphatic rings. The molecule has 2 amide bonds. The topological polar surface area (TPSA) is 81.2 Å². The molecule has 0 aliphatic carbocycles. The number of carbonyl (C=O) groups excluding carboxylic acids is 2. The molecule has 6 nitrogen and oxygen atoms in total. The molecule has 0 spiro atoms. The number of nitrogens with zero attached hydrogens (tertiary/aromatic N) is 3. The fraction of sp³-hybridized carbons (Fsp3) is 0.214. The third kappa shape index (κ3) is 2.69. The van der Waals surface area contributed by atoms with Crippen LogP contribution in [0.3, 0.4) is 0 Å². The molecule has 1 heterocycles. The van der Waals surface area contributed by atoms with Crippen molar-refractivity contribution in [2.24, 2.45) is 5.73 Å². The highest BCUT2D eigenvalue weighted by Crippen LogP contribution is 2.25. The molecule has 104 valence electrons. The summed E-state index contributed by atoms with van der Waals surface area (Å²) in [5.41, 5.74) is 7.62. The molecule has 0 radical (unpaired) electrons. The summed E-state index contributed by atoms with van der Waals surface area (Å²) in [4.78, 5) is 24.7. The minimum Gasteiger partial charge on any atom is -0.361 e. The molecule has 1 aromatic heterocycles. The Morgan fingerprint density at radius 2 is 1.90 bits per heavy atom. The Labute approximate surface area is 116 Å². The van der Waals surface area contributed by atoms with Gasteiger partial charge in [0.1, 0.15) is 6.67 Å². The number of nitrogens with two attached hydrogens (primary N) is 1. The summed E-state index contributed by atoms with van der Waals surface area (Å²) in [7, 11) is 0. The van der Waals surface area contributed by atoms with Crippen LogP contribution in [0.5, 0.6) is 0 Å². The summed E-state index contributed by atoms with van der Waals surface area (Å²) in [6.45, 7) is 3.90. The van der Waals surface area contributed by atoms with Gasteiger partial charge in [0.05, 0.1) is 5.69 Å². The number of para-hydroxylation sites is 1. The molecule has 0 aliphatic heterocycles. The van der Waals surface area contributed by atoms with E-state index < -0.39 is 11.8 Å². The standard InChI is InChI=1S/C14H16N4O2/c1-10-5-3-6-11(2)12(10)18(14(20)13(15)19)9-17-8-4-7-16-17/h3-8H,9H2,1-2H3,(H2,15,19). The number of rotatable bonds is 3. The fourth-order valence-corrected chi connectivity index (χ4v) is 2.13. The van der Waals surface area contributed by atoms with Crippen molar-refractivity contribution < 1.29 is 9.59 Å². The van der Waals surface area contributed by atoms with Crippen LogP contribution in [0.2, 0.25) is 0 Å². The van der Waals surface area contributed by atoms with E-state index in [0.717, 1.165) is 11.1 Å². The number of primary amides is 1. The quantitative estimate of drug-likeness (QED) is 0.845. The van der Waals surface area contributed by atoms with Crippen LogP contribution in [0.15, 0.2) is 36.7 Å². The SMILES string of the molecule is Cc1cccc(C)c1N(Cn1cccn1)C(=O)C(N)=O. The molecule has 0 atom stereocenters. The molecule has 0 fully saturated rings. The van der Waals surface area contributed by atoms with Crippen molar-refractivity contribution in [3.8, 4) is 0 Å². The lowest BCUT2D eigenvalue weighted by Crippen LogP contribution is -2.42. The highest BCUT2D eigenvalue weighted by atomic mass is 16.2. The maximum atomic E-state index is 12.1. The van der Waals surface area contributed by atoms with Gasteiger partial charge in [-0.15, -0.1) is 0 Å². The Morgan fingerprint density at radius 3 is 2.40 bits per heavy atom. The molecular formula is C14H16N4O2. The lowest BCUT2D eigenvalue weighted by atomic mass is 10.1. The number of benzene rings is 1. The van der Waals surface area contributed by atoms with Gasteiger partial charge in [-0.25, -0.2) is 0 Å². The second kappa shape index (κ2) is 5.56. The molecule has 2 N–H and O–H groups in total. The van der Waals surface area contributed by atoms with E-state index in [2.05, 4.69) is 5.10 Å². The molecule has 2 aromatic rings. The van der Waals surface area contributed by atoms with Crippen molar-refractivity contribution in [2.75, 3.05) is 4.90 Å². The van der Waals surface area contributed by atoms with Crippen LogP contribution in [0, 0.1) is 13.8 Å². The van der Waals surface area contributed by atoms with Crippen LogP contribution in [-0.2, 0) is 16.3 Å². The van der Waals surface area contributed by atoms with Gasteiger partial charge in [-0.3, -0.25) is 19.2 Å². The van der Waals surface area contributed by atoms with Gasteiger partial charge in [0.15, 0.2) is 0 Å². The molecule has 1 aromatic carbocycles. The molecular weight excluding hydrogens is 256 g/mol. The van der Waals surface area contributed by atoms with Gasteiger partial charge in [0, 0.05) is 12.4 Å². The second-order valence-electron chi connectivity index (χ2n) is 4.52. The maximum Gasteiger partial charge on any atom is 0.317 e. The van der Waals surface area contributed by atoms with Crippen LogP contribution >= 0.6 is 0 Å². The van der Waals surface area contributed by atoms with E-state index in [9.17, 15) is 9.59 Å². The number of aromatic nitrogens is 2. The van der Waals surface area contributed by atoms with Crippen molar-refractivity contribution >= 4 is 17.5 Å². The van der Waals surface area contributed by atoms with Gasteiger partial charge in [-0.1, -0.05) is 18.2 Å². The van der Waals surface area contributed by atoms with Gasteiger partial charge < -0.3 is 5.73 Å². The molecule has 0 saturated heterocycles. The normalized spacial score (nSPS) is 10.3. The van der Waals surface area contributed by atoms with E-state index in [1.807, 2.05) is 32.0 Å². The summed E-state index contributed by atoms with van der Waals surface area (Å²) in [5, 5.41) is 4.05. The Morgan fingerprint density at radius 1 is 1.25 bits per heavy atom. The van der Waals surface area contributed by atoms with Crippen molar-refractivity contribution in [1.82, 2.24) is 9.78 Å². The molecule has 20 heavy (non-hydrogen) atoms. The minimum absolute atomic E-state index is 0.139. The summed E-state index contributed by atoms with van der Waals surface area (Å²) in [6.07, 6.45) is 3.33. The molecule has 0 bridgehead atoms. The van der Waals surface area contributed by atoms with Crippen LogP contribution in [0.4, 0.5) is 5.69 Å². The predicted molar refractivity (Wildman–Crippen MR) is 74.8 cm³/mol. The smallest absolute Gasteiger partial charge is 0.317 e. The predicted octanol–water partition coefficient (Wildman–Crippen LogP) is 0.976. The second-order valence-corrected chi connectivity index (χ2v) is 4.52. The molecule has 6 heteroatoms. The van der Waals surface area contributed by atoms with E-state index in [0.29, 0.717) is 5.69 Å². The fourth-order valence-electron chi connectivity index (χ4n) is 2.13. The van der Waals surface area contributed by atoms with Gasteiger partial charge >= 0.3 is 11.8 Å². The summed E-state index contributed by atoms with van der Waals surface area (Å²) in [6, 6.07) is 7.41. The maximum absolute atomic E-state index is 12.1. The number of amides is 2. The summed E-state index contributed by atoms with van der Waals surface area (Å²) >= 11 is 0. The van der Waals surface area contributed by atoms with Crippen molar-refractivity contribution in [1.29, 1.82) is 0 Å². The molecule has 0 unspecified atom stereocenters. The first-order valence-corrected chi connectivity index (χ1v) is 6.15. The summed E-state index contributed by atoms with van der Waals surface area (Å²) in [5.74, 6) is -1.74. The first-order valence-electron chi connectivity index (χ1n) is 6.15. The number of hydrogen-bond donors (Lipinski definition) is 1. The lowest BCUT2D eigenvalue weighted by molar-refractivity contribution is -0.135. The van der Waals surface area contributed by atoms with E-state index in [1.54, 1.807) is 23.1 Å². The molecule has 0 saturated carbocycles. The van der Waals surface area contributed by atoms with Gasteiger partial charge in [0.25, 0.3) is 0 Å². The first kappa shape index (κ1) is 13.8. The first-order chi connectivity index (χ1) is 9.50. The van der Waals surface area contributed by atoms with E-state index in [4.69, 9.17) is 5.73 Å². The Balaban J connectivity index is 2.46. The zero-order chi connectivity index (χ0) is 14.7. The van der Waals surface area contributed by atoms with Crippen molar-refractivity contribution in [2.45, 2.75) is 20.5 Å². The van der Waals surface area contributed by atoms with Crippen LogP contribution in [-0.4, -0.2) is 21.6 Å². The monoisotopic (exact) mass is 272 g/mol. The third-order valence-corrected chi connectivity index (χ3v) is 3.01. The van der Waals surface area contributed by atoms with Crippen LogP contribution in [0.1, 0.15) is 11.1 Å². The van der Waals surface area contributed by atoms with Crippen molar-refractivity contribution in [3.63, 3.8) is 0 Å². The minimum atomic E-state index is -0.986. The lowest BCUT2D eigenvalue weighted by Gasteiger charge is -2.24. The Bertz CT molecular complexity index is 614. The summed E-state index contributed by atoms with van der Waals surface area (Å²) < 4.78 is 1.56. The largest absolute Gasteiger partial charge is 0.361 e. The highest BCUT2D eigenvalue weighted by molar-refractivity contribution is 6.39. The molecule has 2 rings (SSSR count). The number of anilines is 1. The van der Waals surface area contributed by atoms with Crippen LogP contribution in [0.25, 0.3) is 0 Å². The van der Waals surface area contributed by atoms with E-state index in [1.165, 1.54) is 4.90 Å². The number of hydrogen-bond acceptors (Lipinski definition) is 3. The third-order valence-electron chi connectivity index (χ3n) is 3.01. The Kier molecular flexibility index (Phi) is 3.84. The zero-order valence-corrected chi connectivity index (χ0v) is 11.4. The van der Waals surface area contributed by atoms with Gasteiger partial charge in [-0.05, 0) is 31.0 Å². The van der Waals surface area contributed by atoms with E-state index in [-0.39, 0.29) is 6.67 Å². The highest BCUT2D eigenvalue weighted by Gasteiger charge is 2.24. The Hall–Kier alpha value is -2.63. The number of aryl methyl sites for hydroxylation is 2. The van der Waals surface area contributed by atoms with E-state index >= 15 is 0 Å². The van der Waals surface area contributed by atoms with Gasteiger partial charge in [0.2, 0.25) is 0 Å². The average Bonchev–Trinajstić information content (AvgIpc) is 2.89. The van der Waals surface area contributed by atoms with Crippen LogP contribution < -0.4 is 10.6 Å². The average molecular weight is 272 g/mol.